The Balaban J connectivity index is 1.61. The third-order valence-electron chi connectivity index (χ3n) is 4.78. The average molecular weight is 383 g/mol. The molecule has 0 unspecified atom stereocenters. The van der Waals surface area contributed by atoms with Crippen LogP contribution in [-0.4, -0.2) is 32.9 Å². The van der Waals surface area contributed by atoms with Gasteiger partial charge < -0.3 is 22.1 Å². The highest BCUT2D eigenvalue weighted by Crippen LogP contribution is 2.26. The summed E-state index contributed by atoms with van der Waals surface area (Å²) < 4.78 is 1.09. The highest BCUT2D eigenvalue weighted by atomic mass is 32.1. The first-order valence-electron chi connectivity index (χ1n) is 8.89. The maximum atomic E-state index is 11.8. The molecule has 1 amide bonds. The van der Waals surface area contributed by atoms with E-state index in [1.54, 1.807) is 16.8 Å². The van der Waals surface area contributed by atoms with Crippen LogP contribution < -0.4 is 22.1 Å². The molecular formula is C18H21N7OS. The molecule has 0 aliphatic heterocycles. The van der Waals surface area contributed by atoms with E-state index < -0.39 is 5.91 Å². The van der Waals surface area contributed by atoms with Crippen LogP contribution in [0, 0.1) is 0 Å². The SMILES string of the molecule is NC(=O)c1cnc(N[C@@H]2CCCC[C@@H]2N)nc1Nc1ccc2scnc2c1. The van der Waals surface area contributed by atoms with Crippen molar-refractivity contribution < 1.29 is 4.79 Å². The van der Waals surface area contributed by atoms with Gasteiger partial charge >= 0.3 is 0 Å². The molecule has 2 atom stereocenters. The minimum absolute atomic E-state index is 0.0710. The standard InChI is InChI=1S/C18H21N7OS/c19-12-3-1-2-4-13(12)24-18-21-8-11(16(20)26)17(25-18)23-10-5-6-15-14(7-10)22-9-27-15/h5-9,12-13H,1-4,19H2,(H2,20,26)(H2,21,23,24,25)/t12-,13+/m0/s1. The summed E-state index contributed by atoms with van der Waals surface area (Å²) in [4.78, 5) is 24.8. The number of benzene rings is 1. The van der Waals surface area contributed by atoms with E-state index >= 15 is 0 Å². The van der Waals surface area contributed by atoms with Crippen LogP contribution in [0.15, 0.2) is 29.9 Å². The molecule has 0 saturated heterocycles. The van der Waals surface area contributed by atoms with Gasteiger partial charge in [0, 0.05) is 24.0 Å². The zero-order valence-corrected chi connectivity index (χ0v) is 15.5. The molecule has 27 heavy (non-hydrogen) atoms. The summed E-state index contributed by atoms with van der Waals surface area (Å²) in [6.45, 7) is 0. The van der Waals surface area contributed by atoms with Crippen molar-refractivity contribution in [1.29, 1.82) is 0 Å². The van der Waals surface area contributed by atoms with Gasteiger partial charge in [0.1, 0.15) is 11.4 Å². The summed E-state index contributed by atoms with van der Waals surface area (Å²) in [6.07, 6.45) is 5.67. The lowest BCUT2D eigenvalue weighted by atomic mass is 9.91. The first kappa shape index (κ1) is 17.6. The van der Waals surface area contributed by atoms with Crippen LogP contribution in [0.4, 0.5) is 17.5 Å². The number of carbonyl (C=O) groups excluding carboxylic acids is 1. The molecule has 140 valence electrons. The smallest absolute Gasteiger partial charge is 0.254 e. The van der Waals surface area contributed by atoms with Gasteiger partial charge in [-0.05, 0) is 31.0 Å². The topological polar surface area (TPSA) is 132 Å². The summed E-state index contributed by atoms with van der Waals surface area (Å²) in [5.41, 5.74) is 15.4. The van der Waals surface area contributed by atoms with Gasteiger partial charge in [0.15, 0.2) is 0 Å². The molecule has 0 bridgehead atoms. The number of aromatic nitrogens is 3. The van der Waals surface area contributed by atoms with Crippen LogP contribution in [0.3, 0.4) is 0 Å². The molecule has 8 nitrogen and oxygen atoms in total. The summed E-state index contributed by atoms with van der Waals surface area (Å²) in [6, 6.07) is 5.99. The molecule has 0 radical (unpaired) electrons. The Kier molecular flexibility index (Phi) is 4.87. The Morgan fingerprint density at radius 1 is 1.22 bits per heavy atom. The van der Waals surface area contributed by atoms with Crippen molar-refractivity contribution in [3.05, 3.63) is 35.5 Å². The van der Waals surface area contributed by atoms with Gasteiger partial charge in [-0.3, -0.25) is 4.79 Å². The normalized spacial score (nSPS) is 19.7. The molecular weight excluding hydrogens is 362 g/mol. The van der Waals surface area contributed by atoms with Gasteiger partial charge in [0.2, 0.25) is 5.95 Å². The van der Waals surface area contributed by atoms with Crippen LogP contribution in [-0.2, 0) is 0 Å². The van der Waals surface area contributed by atoms with E-state index in [4.69, 9.17) is 11.5 Å². The van der Waals surface area contributed by atoms with Crippen LogP contribution in [0.25, 0.3) is 10.2 Å². The number of nitrogens with one attached hydrogen (secondary N) is 2. The lowest BCUT2D eigenvalue weighted by molar-refractivity contribution is 0.100. The summed E-state index contributed by atoms with van der Waals surface area (Å²) in [5, 5.41) is 6.46. The predicted molar refractivity (Wildman–Crippen MR) is 107 cm³/mol. The van der Waals surface area contributed by atoms with Gasteiger partial charge in [-0.15, -0.1) is 11.3 Å². The van der Waals surface area contributed by atoms with Crippen LogP contribution in [0.1, 0.15) is 36.0 Å². The largest absolute Gasteiger partial charge is 0.365 e. The lowest BCUT2D eigenvalue weighted by Gasteiger charge is -2.29. The van der Waals surface area contributed by atoms with Crippen LogP contribution in [0.2, 0.25) is 0 Å². The number of fused-ring (bicyclic) bond motifs is 1. The summed E-state index contributed by atoms with van der Waals surface area (Å²) in [7, 11) is 0. The van der Waals surface area contributed by atoms with Crippen molar-refractivity contribution in [1.82, 2.24) is 15.0 Å². The van der Waals surface area contributed by atoms with Gasteiger partial charge in [-0.25, -0.2) is 9.97 Å². The van der Waals surface area contributed by atoms with E-state index in [1.807, 2.05) is 18.2 Å². The Morgan fingerprint density at radius 2 is 2.07 bits per heavy atom. The van der Waals surface area contributed by atoms with Gasteiger partial charge in [0.25, 0.3) is 5.91 Å². The molecule has 2 aromatic heterocycles. The molecule has 9 heteroatoms. The molecule has 6 N–H and O–H groups in total. The minimum Gasteiger partial charge on any atom is -0.365 e. The maximum Gasteiger partial charge on any atom is 0.254 e. The second kappa shape index (κ2) is 7.45. The van der Waals surface area contributed by atoms with Gasteiger partial charge in [-0.2, -0.15) is 4.98 Å². The molecule has 1 aliphatic carbocycles. The first-order valence-corrected chi connectivity index (χ1v) is 9.77. The van der Waals surface area contributed by atoms with Gasteiger partial charge in [-0.1, -0.05) is 12.8 Å². The second-order valence-corrected chi connectivity index (χ2v) is 7.57. The van der Waals surface area contributed by atoms with E-state index in [-0.39, 0.29) is 17.6 Å². The molecule has 4 rings (SSSR count). The Hall–Kier alpha value is -2.78. The number of nitrogens with two attached hydrogens (primary N) is 2. The monoisotopic (exact) mass is 383 g/mol. The molecule has 1 saturated carbocycles. The zero-order valence-electron chi connectivity index (χ0n) is 14.7. The van der Waals surface area contributed by atoms with E-state index in [0.717, 1.165) is 41.6 Å². The molecule has 1 fully saturated rings. The number of primary amides is 1. The molecule has 0 spiro atoms. The quantitative estimate of drug-likeness (QED) is 0.532. The summed E-state index contributed by atoms with van der Waals surface area (Å²) in [5.74, 6) is 0.201. The van der Waals surface area contributed by atoms with E-state index in [1.165, 1.54) is 6.20 Å². The predicted octanol–water partition coefficient (Wildman–Crippen LogP) is 2.61. The van der Waals surface area contributed by atoms with E-state index in [0.29, 0.717) is 11.8 Å². The number of carbonyl (C=O) groups is 1. The van der Waals surface area contributed by atoms with Crippen molar-refractivity contribution >= 4 is 44.9 Å². The lowest BCUT2D eigenvalue weighted by Crippen LogP contribution is -2.43. The fraction of sp³-hybridized carbons (Fsp3) is 0.333. The molecule has 1 aliphatic rings. The average Bonchev–Trinajstić information content (AvgIpc) is 3.11. The highest BCUT2D eigenvalue weighted by molar-refractivity contribution is 7.16. The number of amides is 1. The fourth-order valence-electron chi connectivity index (χ4n) is 3.30. The molecule has 1 aromatic carbocycles. The third-order valence-corrected chi connectivity index (χ3v) is 5.59. The number of nitrogens with zero attached hydrogens (tertiary/aromatic N) is 3. The number of anilines is 3. The number of rotatable bonds is 5. The third kappa shape index (κ3) is 3.83. The Bertz CT molecular complexity index is 973. The highest BCUT2D eigenvalue weighted by Gasteiger charge is 2.23. The second-order valence-electron chi connectivity index (χ2n) is 6.68. The maximum absolute atomic E-state index is 11.8. The van der Waals surface area contributed by atoms with E-state index in [9.17, 15) is 4.79 Å². The van der Waals surface area contributed by atoms with Crippen molar-refractivity contribution in [2.75, 3.05) is 10.6 Å². The van der Waals surface area contributed by atoms with Crippen LogP contribution >= 0.6 is 11.3 Å². The number of thiazole rings is 1. The number of hydrogen-bond acceptors (Lipinski definition) is 8. The van der Waals surface area contributed by atoms with Crippen molar-refractivity contribution in [2.24, 2.45) is 11.5 Å². The fourth-order valence-corrected chi connectivity index (χ4v) is 3.96. The van der Waals surface area contributed by atoms with Crippen LogP contribution in [0.5, 0.6) is 0 Å². The molecule has 3 aromatic rings. The van der Waals surface area contributed by atoms with Crippen molar-refractivity contribution in [3.8, 4) is 0 Å². The summed E-state index contributed by atoms with van der Waals surface area (Å²) >= 11 is 1.57. The van der Waals surface area contributed by atoms with E-state index in [2.05, 4.69) is 25.6 Å². The number of hydrogen-bond donors (Lipinski definition) is 4. The zero-order chi connectivity index (χ0) is 18.8. The van der Waals surface area contributed by atoms with Crippen molar-refractivity contribution in [3.63, 3.8) is 0 Å². The molecule has 2 heterocycles. The first-order chi connectivity index (χ1) is 13.1. The minimum atomic E-state index is -0.590. The Morgan fingerprint density at radius 3 is 2.89 bits per heavy atom. The van der Waals surface area contributed by atoms with Gasteiger partial charge in [0.05, 0.1) is 15.7 Å². The van der Waals surface area contributed by atoms with Crippen molar-refractivity contribution in [2.45, 2.75) is 37.8 Å². The Labute approximate surface area is 160 Å².